The number of benzene rings is 1. The Morgan fingerprint density at radius 1 is 1.18 bits per heavy atom. The number of nitrogens with one attached hydrogen (secondary N) is 1. The second-order valence-electron chi connectivity index (χ2n) is 5.63. The van der Waals surface area contributed by atoms with Crippen molar-refractivity contribution in [3.05, 3.63) is 51.7 Å². The van der Waals surface area contributed by atoms with E-state index in [1.165, 1.54) is 0 Å². The van der Waals surface area contributed by atoms with Gasteiger partial charge in [-0.3, -0.25) is 0 Å². The molecule has 4 nitrogen and oxygen atoms in total. The Labute approximate surface area is 136 Å². The van der Waals surface area contributed by atoms with E-state index in [0.717, 1.165) is 16.7 Å². The first-order valence-electron chi connectivity index (χ1n) is 7.06. The van der Waals surface area contributed by atoms with E-state index < -0.39 is 10.0 Å². The van der Waals surface area contributed by atoms with Crippen LogP contribution in [0.1, 0.15) is 22.7 Å². The summed E-state index contributed by atoms with van der Waals surface area (Å²) in [4.78, 5) is 2.34. The van der Waals surface area contributed by atoms with Crippen LogP contribution in [0.15, 0.2) is 39.9 Å². The number of aryl methyl sites for hydroxylation is 2. The molecule has 0 aliphatic rings. The molecule has 120 valence electrons. The Bertz CT molecular complexity index is 723. The first kappa shape index (κ1) is 17.1. The van der Waals surface area contributed by atoms with Crippen LogP contribution in [0.2, 0.25) is 0 Å². The Hall–Kier alpha value is -1.21. The predicted octanol–water partition coefficient (Wildman–Crippen LogP) is 2.95. The van der Waals surface area contributed by atoms with E-state index in [4.69, 9.17) is 0 Å². The second-order valence-corrected chi connectivity index (χ2v) is 8.18. The van der Waals surface area contributed by atoms with Crippen LogP contribution in [0.25, 0.3) is 0 Å². The molecule has 0 bridgehead atoms. The summed E-state index contributed by atoms with van der Waals surface area (Å²) in [5.74, 6) is 0. The average molecular weight is 338 g/mol. The molecule has 1 aromatic carbocycles. The van der Waals surface area contributed by atoms with E-state index in [0.29, 0.717) is 11.4 Å². The van der Waals surface area contributed by atoms with Crippen LogP contribution in [-0.2, 0) is 10.0 Å². The van der Waals surface area contributed by atoms with Crippen molar-refractivity contribution >= 4 is 21.4 Å². The SMILES string of the molecule is Cc1ccc(S(=O)(=O)NCC(c2ccsc2)N(C)C)cc1C. The van der Waals surface area contributed by atoms with Crippen molar-refractivity contribution < 1.29 is 8.42 Å². The lowest BCUT2D eigenvalue weighted by Crippen LogP contribution is -2.34. The summed E-state index contributed by atoms with van der Waals surface area (Å²) in [6, 6.07) is 7.26. The zero-order valence-electron chi connectivity index (χ0n) is 13.3. The standard InChI is InChI=1S/C16H22N2O2S2/c1-12-5-6-15(9-13(12)2)22(19,20)17-10-16(18(3)4)14-7-8-21-11-14/h5-9,11,16-17H,10H2,1-4H3. The van der Waals surface area contributed by atoms with E-state index >= 15 is 0 Å². The van der Waals surface area contributed by atoms with Crippen molar-refractivity contribution in [3.63, 3.8) is 0 Å². The third-order valence-electron chi connectivity index (χ3n) is 3.81. The molecular weight excluding hydrogens is 316 g/mol. The number of hydrogen-bond acceptors (Lipinski definition) is 4. The third-order valence-corrected chi connectivity index (χ3v) is 5.93. The van der Waals surface area contributed by atoms with Gasteiger partial charge in [0.2, 0.25) is 10.0 Å². The average Bonchev–Trinajstić information content (AvgIpc) is 2.95. The summed E-state index contributed by atoms with van der Waals surface area (Å²) in [5, 5.41) is 4.05. The molecule has 6 heteroatoms. The normalized spacial score (nSPS) is 13.5. The van der Waals surface area contributed by atoms with E-state index in [-0.39, 0.29) is 6.04 Å². The quantitative estimate of drug-likeness (QED) is 0.881. The molecule has 1 atom stereocenters. The van der Waals surface area contributed by atoms with Gasteiger partial charge in [-0.2, -0.15) is 11.3 Å². The zero-order valence-corrected chi connectivity index (χ0v) is 15.0. The molecule has 2 rings (SSSR count). The van der Waals surface area contributed by atoms with Gasteiger partial charge < -0.3 is 4.90 Å². The Morgan fingerprint density at radius 2 is 1.91 bits per heavy atom. The van der Waals surface area contributed by atoms with Gasteiger partial charge in [-0.25, -0.2) is 13.1 Å². The molecule has 0 saturated carbocycles. The summed E-state index contributed by atoms with van der Waals surface area (Å²) in [5.41, 5.74) is 3.19. The fraction of sp³-hybridized carbons (Fsp3) is 0.375. The van der Waals surface area contributed by atoms with Crippen LogP contribution in [-0.4, -0.2) is 34.0 Å². The van der Waals surface area contributed by atoms with E-state index in [1.54, 1.807) is 23.5 Å². The van der Waals surface area contributed by atoms with Gasteiger partial charge in [0.25, 0.3) is 0 Å². The first-order chi connectivity index (χ1) is 10.3. The van der Waals surface area contributed by atoms with Crippen molar-refractivity contribution in [1.82, 2.24) is 9.62 Å². The Morgan fingerprint density at radius 3 is 2.45 bits per heavy atom. The molecule has 22 heavy (non-hydrogen) atoms. The van der Waals surface area contributed by atoms with E-state index in [1.807, 2.05) is 50.4 Å². The topological polar surface area (TPSA) is 49.4 Å². The largest absolute Gasteiger partial charge is 0.301 e. The van der Waals surface area contributed by atoms with Crippen LogP contribution in [0, 0.1) is 13.8 Å². The number of sulfonamides is 1. The highest BCUT2D eigenvalue weighted by molar-refractivity contribution is 7.89. The lowest BCUT2D eigenvalue weighted by atomic mass is 10.1. The highest BCUT2D eigenvalue weighted by atomic mass is 32.2. The predicted molar refractivity (Wildman–Crippen MR) is 91.9 cm³/mol. The fourth-order valence-corrected chi connectivity index (χ4v) is 4.05. The summed E-state index contributed by atoms with van der Waals surface area (Å²) in [6.07, 6.45) is 0. The van der Waals surface area contributed by atoms with Crippen LogP contribution in [0.4, 0.5) is 0 Å². The van der Waals surface area contributed by atoms with Crippen LogP contribution in [0.3, 0.4) is 0 Å². The maximum Gasteiger partial charge on any atom is 0.240 e. The fourth-order valence-electron chi connectivity index (χ4n) is 2.22. The van der Waals surface area contributed by atoms with Crippen molar-refractivity contribution in [2.75, 3.05) is 20.6 Å². The van der Waals surface area contributed by atoms with Gasteiger partial charge in [0.1, 0.15) is 0 Å². The van der Waals surface area contributed by atoms with Crippen molar-refractivity contribution in [3.8, 4) is 0 Å². The minimum Gasteiger partial charge on any atom is -0.301 e. The number of nitrogens with zero attached hydrogens (tertiary/aromatic N) is 1. The van der Waals surface area contributed by atoms with Crippen LogP contribution >= 0.6 is 11.3 Å². The van der Waals surface area contributed by atoms with Gasteiger partial charge in [-0.1, -0.05) is 6.07 Å². The summed E-state index contributed by atoms with van der Waals surface area (Å²) >= 11 is 1.61. The molecule has 0 aliphatic carbocycles. The van der Waals surface area contributed by atoms with Crippen molar-refractivity contribution in [2.24, 2.45) is 0 Å². The van der Waals surface area contributed by atoms with Gasteiger partial charge in [0, 0.05) is 12.6 Å². The number of rotatable bonds is 6. The Balaban J connectivity index is 2.16. The van der Waals surface area contributed by atoms with Crippen LogP contribution < -0.4 is 4.72 Å². The van der Waals surface area contributed by atoms with Gasteiger partial charge in [0.05, 0.1) is 4.90 Å². The highest BCUT2D eigenvalue weighted by Crippen LogP contribution is 2.21. The molecule has 0 radical (unpaired) electrons. The van der Waals surface area contributed by atoms with Crippen molar-refractivity contribution in [2.45, 2.75) is 24.8 Å². The molecule has 0 amide bonds. The molecule has 1 heterocycles. The van der Waals surface area contributed by atoms with Gasteiger partial charge in [-0.15, -0.1) is 0 Å². The number of hydrogen-bond donors (Lipinski definition) is 1. The lowest BCUT2D eigenvalue weighted by molar-refractivity contribution is 0.300. The monoisotopic (exact) mass is 338 g/mol. The summed E-state index contributed by atoms with van der Waals surface area (Å²) in [6.45, 7) is 4.24. The maximum atomic E-state index is 12.5. The zero-order chi connectivity index (χ0) is 16.3. The molecular formula is C16H22N2O2S2. The molecule has 1 aromatic heterocycles. The smallest absolute Gasteiger partial charge is 0.240 e. The van der Waals surface area contributed by atoms with Crippen LogP contribution in [0.5, 0.6) is 0 Å². The molecule has 1 N–H and O–H groups in total. The summed E-state index contributed by atoms with van der Waals surface area (Å²) in [7, 11) is 0.410. The molecule has 0 spiro atoms. The maximum absolute atomic E-state index is 12.5. The molecule has 0 aliphatic heterocycles. The number of thiophene rings is 1. The minimum atomic E-state index is -3.49. The molecule has 0 fully saturated rings. The third kappa shape index (κ3) is 3.95. The van der Waals surface area contributed by atoms with Crippen molar-refractivity contribution in [1.29, 1.82) is 0 Å². The van der Waals surface area contributed by atoms with E-state index in [9.17, 15) is 8.42 Å². The number of likely N-dealkylation sites (N-methyl/N-ethyl adjacent to an activating group) is 1. The van der Waals surface area contributed by atoms with E-state index in [2.05, 4.69) is 10.1 Å². The Kier molecular flexibility index (Phi) is 5.39. The minimum absolute atomic E-state index is 0.0209. The molecule has 1 unspecified atom stereocenters. The molecule has 2 aromatic rings. The highest BCUT2D eigenvalue weighted by Gasteiger charge is 2.20. The second kappa shape index (κ2) is 6.91. The molecule has 0 saturated heterocycles. The first-order valence-corrected chi connectivity index (χ1v) is 9.49. The van der Waals surface area contributed by atoms with Gasteiger partial charge in [-0.05, 0) is 73.6 Å². The van der Waals surface area contributed by atoms with Gasteiger partial charge in [0.15, 0.2) is 0 Å². The summed E-state index contributed by atoms with van der Waals surface area (Å²) < 4.78 is 27.7. The lowest BCUT2D eigenvalue weighted by Gasteiger charge is -2.24. The van der Waals surface area contributed by atoms with Gasteiger partial charge >= 0.3 is 0 Å².